The van der Waals surface area contributed by atoms with E-state index in [1.54, 1.807) is 0 Å². The maximum absolute atomic E-state index is 5.33. The minimum atomic E-state index is 0. The third kappa shape index (κ3) is 3.04. The summed E-state index contributed by atoms with van der Waals surface area (Å²) in [7, 11) is 0. The van der Waals surface area contributed by atoms with Gasteiger partial charge in [0.05, 0.1) is 6.10 Å². The quantitative estimate of drug-likeness (QED) is 0.638. The van der Waals surface area contributed by atoms with Crippen molar-refractivity contribution in [1.29, 1.82) is 0 Å². The van der Waals surface area contributed by atoms with Gasteiger partial charge in [0.25, 0.3) is 0 Å². The molecule has 0 bridgehead atoms. The lowest BCUT2D eigenvalue weighted by molar-refractivity contribution is 0.106. The van der Waals surface area contributed by atoms with Gasteiger partial charge in [-0.05, 0) is 25.8 Å². The average Bonchev–Trinajstić information content (AvgIpc) is 2.19. The normalized spacial score (nSPS) is 25.7. The molecule has 9 heavy (non-hydrogen) atoms. The molecule has 0 aromatic carbocycles. The molecule has 1 atom stereocenters. The first-order valence-electron chi connectivity index (χ1n) is 3.25. The van der Waals surface area contributed by atoms with E-state index < -0.39 is 0 Å². The Morgan fingerprint density at radius 2 is 2.33 bits per heavy atom. The molecule has 2 N–H and O–H groups in total. The Morgan fingerprint density at radius 1 is 1.56 bits per heavy atom. The molecule has 0 amide bonds. The Labute approximate surface area is 62.2 Å². The molecule has 3 heteroatoms. The smallest absolute Gasteiger partial charge is 0.0588 e. The van der Waals surface area contributed by atoms with Crippen molar-refractivity contribution in [2.45, 2.75) is 25.4 Å². The minimum Gasteiger partial charge on any atom is -0.378 e. The van der Waals surface area contributed by atoms with Crippen LogP contribution in [0.2, 0.25) is 0 Å². The van der Waals surface area contributed by atoms with Gasteiger partial charge in [-0.25, -0.2) is 0 Å². The maximum Gasteiger partial charge on any atom is 0.0588 e. The monoisotopic (exact) mass is 151 g/mol. The summed E-state index contributed by atoms with van der Waals surface area (Å²) in [5, 5.41) is 0. The van der Waals surface area contributed by atoms with Crippen LogP contribution in [0.4, 0.5) is 0 Å². The van der Waals surface area contributed by atoms with Crippen LogP contribution in [0.15, 0.2) is 0 Å². The molecule has 0 unspecified atom stereocenters. The van der Waals surface area contributed by atoms with E-state index in [0.717, 1.165) is 19.6 Å². The molecule has 1 rings (SSSR count). The summed E-state index contributed by atoms with van der Waals surface area (Å²) < 4.78 is 5.31. The highest BCUT2D eigenvalue weighted by atomic mass is 35.5. The molecule has 1 aliphatic heterocycles. The highest BCUT2D eigenvalue weighted by Gasteiger charge is 2.13. The summed E-state index contributed by atoms with van der Waals surface area (Å²) in [5.41, 5.74) is 5.33. The van der Waals surface area contributed by atoms with Gasteiger partial charge in [0.15, 0.2) is 0 Å². The third-order valence-electron chi connectivity index (χ3n) is 1.51. The van der Waals surface area contributed by atoms with E-state index in [2.05, 4.69) is 0 Å². The summed E-state index contributed by atoms with van der Waals surface area (Å²) in [6.07, 6.45) is 3.97. The fraction of sp³-hybridized carbons (Fsp3) is 1.00. The topological polar surface area (TPSA) is 35.2 Å². The molecule has 0 aromatic heterocycles. The lowest BCUT2D eigenvalue weighted by Crippen LogP contribution is -2.11. The van der Waals surface area contributed by atoms with Gasteiger partial charge >= 0.3 is 0 Å². The van der Waals surface area contributed by atoms with Gasteiger partial charge in [-0.15, -0.1) is 12.4 Å². The highest BCUT2D eigenvalue weighted by molar-refractivity contribution is 5.85. The Hall–Kier alpha value is 0.210. The molecule has 0 aliphatic carbocycles. The van der Waals surface area contributed by atoms with Crippen LogP contribution in [0.25, 0.3) is 0 Å². The average molecular weight is 152 g/mol. The first kappa shape index (κ1) is 9.21. The number of hydrogen-bond acceptors (Lipinski definition) is 2. The van der Waals surface area contributed by atoms with Gasteiger partial charge in [-0.1, -0.05) is 0 Å². The van der Waals surface area contributed by atoms with Crippen LogP contribution in [0.1, 0.15) is 19.3 Å². The molecular formula is C6H14ClNO. The largest absolute Gasteiger partial charge is 0.378 e. The van der Waals surface area contributed by atoms with E-state index in [4.69, 9.17) is 10.5 Å². The Balaban J connectivity index is 0.000000640. The van der Waals surface area contributed by atoms with Crippen molar-refractivity contribution >= 4 is 12.4 Å². The Morgan fingerprint density at radius 3 is 2.78 bits per heavy atom. The second kappa shape index (κ2) is 5.03. The number of ether oxygens (including phenoxy) is 1. The lowest BCUT2D eigenvalue weighted by Gasteiger charge is -2.04. The van der Waals surface area contributed by atoms with Crippen molar-refractivity contribution in [3.05, 3.63) is 0 Å². The van der Waals surface area contributed by atoms with Crippen LogP contribution >= 0.6 is 12.4 Å². The predicted molar refractivity (Wildman–Crippen MR) is 39.9 cm³/mol. The lowest BCUT2D eigenvalue weighted by atomic mass is 10.2. The second-order valence-electron chi connectivity index (χ2n) is 2.21. The van der Waals surface area contributed by atoms with Crippen LogP contribution in [0.3, 0.4) is 0 Å². The molecule has 0 radical (unpaired) electrons. The predicted octanol–water partition coefficient (Wildman–Crippen LogP) is 0.936. The molecule has 1 heterocycles. The van der Waals surface area contributed by atoms with E-state index in [0.29, 0.717) is 6.10 Å². The van der Waals surface area contributed by atoms with Gasteiger partial charge in [0.1, 0.15) is 0 Å². The van der Waals surface area contributed by atoms with Crippen molar-refractivity contribution in [2.75, 3.05) is 13.2 Å². The van der Waals surface area contributed by atoms with E-state index in [1.165, 1.54) is 12.8 Å². The summed E-state index contributed by atoms with van der Waals surface area (Å²) in [6, 6.07) is 0. The molecule has 1 saturated heterocycles. The van der Waals surface area contributed by atoms with Crippen molar-refractivity contribution in [2.24, 2.45) is 5.73 Å². The zero-order chi connectivity index (χ0) is 5.82. The van der Waals surface area contributed by atoms with Crippen molar-refractivity contribution < 1.29 is 4.74 Å². The number of hydrogen-bond donors (Lipinski definition) is 1. The SMILES string of the molecule is Cl.NCC[C@H]1CCCO1. The first-order chi connectivity index (χ1) is 3.93. The summed E-state index contributed by atoms with van der Waals surface area (Å²) in [6.45, 7) is 1.72. The second-order valence-corrected chi connectivity index (χ2v) is 2.21. The summed E-state index contributed by atoms with van der Waals surface area (Å²) in [4.78, 5) is 0. The van der Waals surface area contributed by atoms with E-state index in [9.17, 15) is 0 Å². The van der Waals surface area contributed by atoms with Gasteiger partial charge in [-0.2, -0.15) is 0 Å². The zero-order valence-electron chi connectivity index (χ0n) is 5.51. The number of rotatable bonds is 2. The number of halogens is 1. The highest BCUT2D eigenvalue weighted by Crippen LogP contribution is 2.13. The molecule has 0 saturated carbocycles. The van der Waals surface area contributed by atoms with Gasteiger partial charge in [0.2, 0.25) is 0 Å². The summed E-state index contributed by atoms with van der Waals surface area (Å²) >= 11 is 0. The summed E-state index contributed by atoms with van der Waals surface area (Å²) in [5.74, 6) is 0. The minimum absolute atomic E-state index is 0. The van der Waals surface area contributed by atoms with Crippen LogP contribution in [-0.2, 0) is 4.74 Å². The fourth-order valence-electron chi connectivity index (χ4n) is 1.06. The number of nitrogens with two attached hydrogens (primary N) is 1. The van der Waals surface area contributed by atoms with Crippen LogP contribution < -0.4 is 5.73 Å². The van der Waals surface area contributed by atoms with Gasteiger partial charge in [0, 0.05) is 6.61 Å². The zero-order valence-corrected chi connectivity index (χ0v) is 6.32. The first-order valence-corrected chi connectivity index (χ1v) is 3.25. The third-order valence-corrected chi connectivity index (χ3v) is 1.51. The molecule has 1 fully saturated rings. The van der Waals surface area contributed by atoms with E-state index in [1.807, 2.05) is 0 Å². The van der Waals surface area contributed by atoms with Crippen molar-refractivity contribution in [3.8, 4) is 0 Å². The fourth-order valence-corrected chi connectivity index (χ4v) is 1.06. The van der Waals surface area contributed by atoms with Crippen LogP contribution in [0.5, 0.6) is 0 Å². The molecule has 1 aliphatic rings. The van der Waals surface area contributed by atoms with Gasteiger partial charge in [-0.3, -0.25) is 0 Å². The van der Waals surface area contributed by atoms with E-state index in [-0.39, 0.29) is 12.4 Å². The van der Waals surface area contributed by atoms with Gasteiger partial charge < -0.3 is 10.5 Å². The standard InChI is InChI=1S/C6H13NO.ClH/c7-4-3-6-2-1-5-8-6;/h6H,1-5,7H2;1H/t6-;/m1./s1. The van der Waals surface area contributed by atoms with Crippen LogP contribution in [0, 0.1) is 0 Å². The molecule has 2 nitrogen and oxygen atoms in total. The van der Waals surface area contributed by atoms with Crippen molar-refractivity contribution in [1.82, 2.24) is 0 Å². The van der Waals surface area contributed by atoms with Crippen molar-refractivity contribution in [3.63, 3.8) is 0 Å². The Bertz CT molecular complexity index is 64.1. The molecule has 0 spiro atoms. The van der Waals surface area contributed by atoms with Crippen LogP contribution in [-0.4, -0.2) is 19.3 Å². The Kier molecular flexibility index (Phi) is 5.15. The molecule has 0 aromatic rings. The van der Waals surface area contributed by atoms with E-state index >= 15 is 0 Å². The maximum atomic E-state index is 5.33. The molecular weight excluding hydrogens is 138 g/mol. The molecule has 56 valence electrons.